The maximum absolute atomic E-state index is 11.9. The standard InChI is InChI=1S/C14H18ClNO3S/c1-3-14(4-2,13(18)19)16-12(17)9-20-11-7-5-10(15)6-8-11/h5-8H,3-4,9H2,1-2H3,(H,16,17)(H,18,19). The van der Waals surface area contributed by atoms with Gasteiger partial charge in [0.1, 0.15) is 5.54 Å². The monoisotopic (exact) mass is 315 g/mol. The van der Waals surface area contributed by atoms with Gasteiger partial charge in [-0.2, -0.15) is 0 Å². The van der Waals surface area contributed by atoms with Crippen molar-refractivity contribution in [1.29, 1.82) is 0 Å². The van der Waals surface area contributed by atoms with Crippen LogP contribution in [0.25, 0.3) is 0 Å². The molecule has 0 spiro atoms. The van der Waals surface area contributed by atoms with Crippen molar-refractivity contribution in [3.05, 3.63) is 29.3 Å². The molecule has 1 amide bonds. The van der Waals surface area contributed by atoms with Crippen molar-refractivity contribution in [2.75, 3.05) is 5.75 Å². The Hall–Kier alpha value is -1.20. The van der Waals surface area contributed by atoms with Gasteiger partial charge in [-0.05, 0) is 37.1 Å². The molecule has 1 aromatic carbocycles. The fourth-order valence-electron chi connectivity index (χ4n) is 1.77. The third kappa shape index (κ3) is 4.42. The Morgan fingerprint density at radius 1 is 1.25 bits per heavy atom. The Morgan fingerprint density at radius 2 is 1.80 bits per heavy atom. The Bertz CT molecular complexity index is 472. The predicted octanol–water partition coefficient (Wildman–Crippen LogP) is 3.19. The van der Waals surface area contributed by atoms with Crippen LogP contribution in [0.15, 0.2) is 29.2 Å². The molecule has 20 heavy (non-hydrogen) atoms. The van der Waals surface area contributed by atoms with Gasteiger partial charge in [-0.1, -0.05) is 25.4 Å². The Labute approximate surface area is 127 Å². The van der Waals surface area contributed by atoms with E-state index in [0.29, 0.717) is 17.9 Å². The number of carboxylic acid groups (broad SMARTS) is 1. The van der Waals surface area contributed by atoms with E-state index in [-0.39, 0.29) is 11.7 Å². The number of hydrogen-bond acceptors (Lipinski definition) is 3. The molecule has 0 radical (unpaired) electrons. The highest BCUT2D eigenvalue weighted by Gasteiger charge is 2.36. The average Bonchev–Trinajstić information content (AvgIpc) is 2.44. The van der Waals surface area contributed by atoms with Crippen LogP contribution in [0.4, 0.5) is 0 Å². The van der Waals surface area contributed by atoms with Gasteiger partial charge in [0, 0.05) is 9.92 Å². The van der Waals surface area contributed by atoms with Crippen molar-refractivity contribution in [1.82, 2.24) is 5.32 Å². The summed E-state index contributed by atoms with van der Waals surface area (Å²) in [4.78, 5) is 24.1. The highest BCUT2D eigenvalue weighted by atomic mass is 35.5. The number of rotatable bonds is 7. The van der Waals surface area contributed by atoms with Crippen molar-refractivity contribution in [2.45, 2.75) is 37.1 Å². The Morgan fingerprint density at radius 3 is 2.25 bits per heavy atom. The van der Waals surface area contributed by atoms with Crippen LogP contribution in [-0.4, -0.2) is 28.3 Å². The second-order valence-corrected chi connectivity index (χ2v) is 5.87. The molecule has 0 fully saturated rings. The number of nitrogens with one attached hydrogen (secondary N) is 1. The summed E-state index contributed by atoms with van der Waals surface area (Å²) in [6.07, 6.45) is 0.715. The van der Waals surface area contributed by atoms with E-state index < -0.39 is 11.5 Å². The zero-order valence-electron chi connectivity index (χ0n) is 11.5. The van der Waals surface area contributed by atoms with Gasteiger partial charge in [0.25, 0.3) is 0 Å². The van der Waals surface area contributed by atoms with E-state index in [2.05, 4.69) is 5.32 Å². The third-order valence-corrected chi connectivity index (χ3v) is 4.44. The summed E-state index contributed by atoms with van der Waals surface area (Å²) in [5.41, 5.74) is -1.17. The zero-order chi connectivity index (χ0) is 15.2. The summed E-state index contributed by atoms with van der Waals surface area (Å²) >= 11 is 7.13. The molecule has 0 saturated carbocycles. The SMILES string of the molecule is CCC(CC)(NC(=O)CSc1ccc(Cl)cc1)C(=O)O. The Kier molecular flexibility index (Phi) is 6.36. The van der Waals surface area contributed by atoms with Gasteiger partial charge in [-0.15, -0.1) is 11.8 Å². The first kappa shape index (κ1) is 16.9. The molecule has 6 heteroatoms. The number of thioether (sulfide) groups is 1. The molecule has 0 bridgehead atoms. The third-order valence-electron chi connectivity index (χ3n) is 3.18. The summed E-state index contributed by atoms with van der Waals surface area (Å²) in [6, 6.07) is 7.15. The van der Waals surface area contributed by atoms with Gasteiger partial charge in [0.05, 0.1) is 5.75 Å². The summed E-state index contributed by atoms with van der Waals surface area (Å²) in [6.45, 7) is 3.51. The van der Waals surface area contributed by atoms with Crippen LogP contribution < -0.4 is 5.32 Å². The molecule has 0 saturated heterocycles. The molecule has 2 N–H and O–H groups in total. The molecule has 0 atom stereocenters. The lowest BCUT2D eigenvalue weighted by atomic mass is 9.93. The number of carboxylic acids is 1. The van der Waals surface area contributed by atoms with Crippen LogP contribution in [-0.2, 0) is 9.59 Å². The fourth-order valence-corrected chi connectivity index (χ4v) is 2.59. The molecule has 110 valence electrons. The van der Waals surface area contributed by atoms with E-state index in [9.17, 15) is 14.7 Å². The van der Waals surface area contributed by atoms with Crippen molar-refractivity contribution < 1.29 is 14.7 Å². The number of aliphatic carboxylic acids is 1. The van der Waals surface area contributed by atoms with E-state index in [1.54, 1.807) is 26.0 Å². The minimum atomic E-state index is -1.17. The summed E-state index contributed by atoms with van der Waals surface area (Å²) in [7, 11) is 0. The lowest BCUT2D eigenvalue weighted by molar-refractivity contribution is -0.147. The topological polar surface area (TPSA) is 66.4 Å². The lowest BCUT2D eigenvalue weighted by Gasteiger charge is -2.27. The molecule has 0 unspecified atom stereocenters. The maximum atomic E-state index is 11.9. The fraction of sp³-hybridized carbons (Fsp3) is 0.429. The average molecular weight is 316 g/mol. The first-order valence-electron chi connectivity index (χ1n) is 6.36. The molecule has 1 aromatic rings. The van der Waals surface area contributed by atoms with E-state index in [1.165, 1.54) is 11.8 Å². The molecular formula is C14H18ClNO3S. The highest BCUT2D eigenvalue weighted by Crippen LogP contribution is 2.21. The smallest absolute Gasteiger partial charge is 0.329 e. The van der Waals surface area contributed by atoms with Gasteiger partial charge < -0.3 is 10.4 Å². The van der Waals surface area contributed by atoms with Gasteiger partial charge in [-0.25, -0.2) is 4.79 Å². The second kappa shape index (κ2) is 7.55. The van der Waals surface area contributed by atoms with Gasteiger partial charge >= 0.3 is 5.97 Å². The van der Waals surface area contributed by atoms with Gasteiger partial charge in [0.2, 0.25) is 5.91 Å². The number of benzene rings is 1. The van der Waals surface area contributed by atoms with Crippen LogP contribution in [0, 0.1) is 0 Å². The zero-order valence-corrected chi connectivity index (χ0v) is 13.1. The molecule has 0 aromatic heterocycles. The van der Waals surface area contributed by atoms with Crippen LogP contribution >= 0.6 is 23.4 Å². The summed E-state index contributed by atoms with van der Waals surface area (Å²) < 4.78 is 0. The number of carbonyl (C=O) groups excluding carboxylic acids is 1. The van der Waals surface area contributed by atoms with Crippen LogP contribution in [0.3, 0.4) is 0 Å². The molecule has 1 rings (SSSR count). The number of hydrogen-bond donors (Lipinski definition) is 2. The predicted molar refractivity (Wildman–Crippen MR) is 81.3 cm³/mol. The molecule has 0 aliphatic heterocycles. The van der Waals surface area contributed by atoms with Crippen LogP contribution in [0.1, 0.15) is 26.7 Å². The minimum absolute atomic E-state index is 0.177. The van der Waals surface area contributed by atoms with Crippen LogP contribution in [0.2, 0.25) is 5.02 Å². The Balaban J connectivity index is 2.58. The lowest BCUT2D eigenvalue weighted by Crippen LogP contribution is -2.54. The largest absolute Gasteiger partial charge is 0.480 e. The molecule has 0 aliphatic carbocycles. The van der Waals surface area contributed by atoms with Gasteiger partial charge in [0.15, 0.2) is 0 Å². The molecular weight excluding hydrogens is 298 g/mol. The second-order valence-electron chi connectivity index (χ2n) is 4.39. The molecule has 0 heterocycles. The first-order chi connectivity index (χ1) is 9.43. The summed E-state index contributed by atoms with van der Waals surface area (Å²) in [5.74, 6) is -1.10. The first-order valence-corrected chi connectivity index (χ1v) is 7.72. The minimum Gasteiger partial charge on any atom is -0.480 e. The maximum Gasteiger partial charge on any atom is 0.329 e. The number of carbonyl (C=O) groups is 2. The van der Waals surface area contributed by atoms with Crippen molar-refractivity contribution in [3.63, 3.8) is 0 Å². The normalized spacial score (nSPS) is 11.2. The van der Waals surface area contributed by atoms with E-state index in [4.69, 9.17) is 11.6 Å². The van der Waals surface area contributed by atoms with Crippen molar-refractivity contribution >= 4 is 35.2 Å². The number of amides is 1. The quantitative estimate of drug-likeness (QED) is 0.758. The molecule has 0 aliphatic rings. The number of halogens is 1. The van der Waals surface area contributed by atoms with Gasteiger partial charge in [-0.3, -0.25) is 4.79 Å². The molecule has 4 nitrogen and oxygen atoms in total. The highest BCUT2D eigenvalue weighted by molar-refractivity contribution is 8.00. The van der Waals surface area contributed by atoms with Crippen LogP contribution in [0.5, 0.6) is 0 Å². The van der Waals surface area contributed by atoms with E-state index in [0.717, 1.165) is 4.90 Å². The van der Waals surface area contributed by atoms with E-state index in [1.807, 2.05) is 12.1 Å². The van der Waals surface area contributed by atoms with E-state index >= 15 is 0 Å². The summed E-state index contributed by atoms with van der Waals surface area (Å²) in [5, 5.41) is 12.5. The van der Waals surface area contributed by atoms with Crippen molar-refractivity contribution in [2.24, 2.45) is 0 Å². The van der Waals surface area contributed by atoms with Crippen molar-refractivity contribution in [3.8, 4) is 0 Å².